The number of allylic oxidation sites excluding steroid dienone is 1. The molecule has 6 atom stereocenters. The topological polar surface area (TPSA) is 132 Å². The van der Waals surface area contributed by atoms with Crippen molar-refractivity contribution in [2.45, 2.75) is 94.9 Å². The maximum atomic E-state index is 16.8. The molecular formula is C55H57F2N7O5. The van der Waals surface area contributed by atoms with Gasteiger partial charge in [0.15, 0.2) is 0 Å². The van der Waals surface area contributed by atoms with Crippen LogP contribution >= 0.6 is 0 Å². The number of aromatic nitrogens is 2. The van der Waals surface area contributed by atoms with Crippen LogP contribution < -0.4 is 5.32 Å². The quantitative estimate of drug-likeness (QED) is 0.143. The number of methoxy groups -OCH3 is 1. The summed E-state index contributed by atoms with van der Waals surface area (Å²) in [5.41, 5.74) is 7.37. The second kappa shape index (κ2) is 16.7. The molecule has 12 rings (SSSR count). The first-order chi connectivity index (χ1) is 33.4. The molecule has 2 bridgehead atoms. The Morgan fingerprint density at radius 2 is 1.59 bits per heavy atom. The monoisotopic (exact) mass is 933 g/mol. The summed E-state index contributed by atoms with van der Waals surface area (Å²) >= 11 is 0. The fourth-order valence-corrected chi connectivity index (χ4v) is 12.6. The number of likely N-dealkylation sites (tertiary alicyclic amines) is 2. The first-order valence-electron chi connectivity index (χ1n) is 24.7. The molecule has 3 amide bonds. The average molecular weight is 934 g/mol. The Bertz CT molecular complexity index is 2960. The van der Waals surface area contributed by atoms with E-state index in [9.17, 15) is 14.4 Å². The lowest BCUT2D eigenvalue weighted by molar-refractivity contribution is -0.144. The number of H-pyrrole nitrogens is 1. The van der Waals surface area contributed by atoms with E-state index in [1.54, 1.807) is 30.5 Å². The Morgan fingerprint density at radius 3 is 2.32 bits per heavy atom. The molecule has 4 aromatic carbocycles. The van der Waals surface area contributed by atoms with Crippen LogP contribution in [-0.4, -0.2) is 106 Å². The largest absolute Gasteiger partial charge is 0.453 e. The molecule has 0 unspecified atom stereocenters. The zero-order valence-corrected chi connectivity index (χ0v) is 39.2. The number of aliphatic imine (C=N–C) groups is 1. The molecule has 5 fully saturated rings. The Balaban J connectivity index is 0.778. The number of halogens is 2. The van der Waals surface area contributed by atoms with E-state index < -0.39 is 24.1 Å². The number of carbonyl (C=O) groups is 3. The summed E-state index contributed by atoms with van der Waals surface area (Å²) in [5.74, 6) is -2.38. The van der Waals surface area contributed by atoms with Crippen molar-refractivity contribution in [1.82, 2.24) is 30.0 Å². The summed E-state index contributed by atoms with van der Waals surface area (Å²) in [6, 6.07) is 25.1. The standard InChI is InChI=1S/C55H57F2N7O5/c1-31(2)47(61-53(67)68-3)51(65)63-30-54(17-18-54)28-46(63)45-27-37(29-58-45)34-11-15-40-39-14-10-33(24-41(39)55(56,57)42(40)25-34)35-12-16-43-44(26-35)60-50(59-43)48-36-9-13-38(23-36)64(48)52(66)49(32-7-5-4-6-8-32)62-19-21-69-22-20-62/h4-8,10-12,14-16,24-26,29,31,36,38,46-49H,9,13,17-23,27-28,30H2,1-3H3,(H,59,60)(H,61,67)/t36-,38+,46-,47-,48-,49+/m0/s1. The van der Waals surface area contributed by atoms with E-state index in [1.165, 1.54) is 7.11 Å². The van der Waals surface area contributed by atoms with E-state index in [1.807, 2.05) is 79.4 Å². The van der Waals surface area contributed by atoms with E-state index in [-0.39, 0.29) is 52.4 Å². The number of hydrogen-bond donors (Lipinski definition) is 2. The second-order valence-electron chi connectivity index (χ2n) is 20.8. The number of nitrogens with zero attached hydrogens (tertiary/aromatic N) is 5. The van der Waals surface area contributed by atoms with Crippen LogP contribution in [0.25, 0.3) is 38.9 Å². The first-order valence-corrected chi connectivity index (χ1v) is 24.7. The zero-order chi connectivity index (χ0) is 47.3. The summed E-state index contributed by atoms with van der Waals surface area (Å²) in [7, 11) is 1.28. The van der Waals surface area contributed by atoms with Gasteiger partial charge in [-0.05, 0) is 119 Å². The zero-order valence-electron chi connectivity index (χ0n) is 39.2. The number of alkyl carbamates (subject to hydrolysis) is 1. The SMILES string of the molecule is COC(=O)N[C@H](C(=O)N1CC2(CC2)C[C@H]1C1=NC=C(c2ccc3c(c2)C(F)(F)c2cc(-c4ccc5nc([C@@H]6[C@H]7CC[C@H](C7)N6C(=O)[C@@H](c6ccccc6)N6CCOCC6)[nH]c5c4)ccc2-3)C1)C(C)C. The number of alkyl halides is 2. The molecule has 3 saturated heterocycles. The van der Waals surface area contributed by atoms with Crippen molar-refractivity contribution in [3.63, 3.8) is 0 Å². The Morgan fingerprint density at radius 1 is 0.884 bits per heavy atom. The number of aromatic amines is 1. The third-order valence-corrected chi connectivity index (χ3v) is 16.4. The fourth-order valence-electron chi connectivity index (χ4n) is 12.6. The minimum Gasteiger partial charge on any atom is -0.453 e. The number of piperidine rings is 1. The highest BCUT2D eigenvalue weighted by Crippen LogP contribution is 2.57. The smallest absolute Gasteiger partial charge is 0.407 e. The normalized spacial score (nSPS) is 24.9. The minimum absolute atomic E-state index is 0.0330. The molecule has 2 N–H and O–H groups in total. The maximum absolute atomic E-state index is 16.8. The summed E-state index contributed by atoms with van der Waals surface area (Å²) in [4.78, 5) is 60.9. The Hall–Kier alpha value is -6.25. The number of nitrogens with one attached hydrogen (secondary N) is 2. The number of carbonyl (C=O) groups excluding carboxylic acids is 3. The van der Waals surface area contributed by atoms with Crippen LogP contribution in [0.4, 0.5) is 13.6 Å². The van der Waals surface area contributed by atoms with Gasteiger partial charge in [0.1, 0.15) is 17.9 Å². The number of ether oxygens (including phenoxy) is 2. The number of morpholine rings is 1. The number of hydrogen-bond acceptors (Lipinski definition) is 8. The van der Waals surface area contributed by atoms with Crippen molar-refractivity contribution in [2.75, 3.05) is 40.0 Å². The molecule has 0 radical (unpaired) electrons. The Kier molecular flexibility index (Phi) is 10.7. The van der Waals surface area contributed by atoms with Gasteiger partial charge >= 0.3 is 6.09 Å². The highest BCUT2D eigenvalue weighted by atomic mass is 19.3. The van der Waals surface area contributed by atoms with Crippen LogP contribution in [0, 0.1) is 17.3 Å². The predicted molar refractivity (Wildman–Crippen MR) is 258 cm³/mol. The number of rotatable bonds is 10. The lowest BCUT2D eigenvalue weighted by Gasteiger charge is -2.41. The third-order valence-electron chi connectivity index (χ3n) is 16.4. The van der Waals surface area contributed by atoms with Crippen molar-refractivity contribution < 1.29 is 32.6 Å². The molecule has 5 heterocycles. The summed E-state index contributed by atoms with van der Waals surface area (Å²) in [5, 5.41) is 2.73. The van der Waals surface area contributed by atoms with E-state index in [0.29, 0.717) is 67.4 Å². The lowest BCUT2D eigenvalue weighted by atomic mass is 9.93. The molecule has 3 aliphatic carbocycles. The summed E-state index contributed by atoms with van der Waals surface area (Å²) in [6.45, 7) is 6.96. The molecule has 2 saturated carbocycles. The van der Waals surface area contributed by atoms with Gasteiger partial charge in [-0.1, -0.05) is 74.5 Å². The van der Waals surface area contributed by atoms with Gasteiger partial charge in [-0.25, -0.2) is 9.78 Å². The molecular weight excluding hydrogens is 877 g/mol. The molecule has 14 heteroatoms. The van der Waals surface area contributed by atoms with Crippen molar-refractivity contribution in [3.05, 3.63) is 119 Å². The van der Waals surface area contributed by atoms with Gasteiger partial charge in [-0.15, -0.1) is 0 Å². The predicted octanol–water partition coefficient (Wildman–Crippen LogP) is 9.42. The molecule has 4 aliphatic heterocycles. The van der Waals surface area contributed by atoms with E-state index in [4.69, 9.17) is 19.5 Å². The molecule has 5 aromatic rings. The summed E-state index contributed by atoms with van der Waals surface area (Å²) in [6.07, 6.45) is 7.38. The van der Waals surface area contributed by atoms with E-state index >= 15 is 8.78 Å². The van der Waals surface area contributed by atoms with Gasteiger partial charge in [0, 0.05) is 55.1 Å². The van der Waals surface area contributed by atoms with Crippen molar-refractivity contribution in [3.8, 4) is 22.3 Å². The summed E-state index contributed by atoms with van der Waals surface area (Å²) < 4.78 is 44.1. The van der Waals surface area contributed by atoms with Crippen LogP contribution in [0.15, 0.2) is 96.1 Å². The van der Waals surface area contributed by atoms with Gasteiger partial charge in [0.25, 0.3) is 5.92 Å². The van der Waals surface area contributed by atoms with Crippen molar-refractivity contribution in [1.29, 1.82) is 0 Å². The lowest BCUT2D eigenvalue weighted by Crippen LogP contribution is -2.53. The van der Waals surface area contributed by atoms with Crippen molar-refractivity contribution >= 4 is 40.2 Å². The highest BCUT2D eigenvalue weighted by Gasteiger charge is 2.56. The number of fused-ring (bicyclic) bond motifs is 6. The molecule has 69 heavy (non-hydrogen) atoms. The maximum Gasteiger partial charge on any atom is 0.407 e. The van der Waals surface area contributed by atoms with Crippen LogP contribution in [-0.2, 0) is 25.0 Å². The second-order valence-corrected chi connectivity index (χ2v) is 20.8. The number of imidazole rings is 1. The van der Waals surface area contributed by atoms with Crippen LogP contribution in [0.5, 0.6) is 0 Å². The third kappa shape index (κ3) is 7.47. The van der Waals surface area contributed by atoms with Gasteiger partial charge in [-0.2, -0.15) is 8.78 Å². The fraction of sp³-hybridized carbons (Fsp3) is 0.436. The first kappa shape index (κ1) is 44.0. The minimum atomic E-state index is -3.24. The van der Waals surface area contributed by atoms with Crippen LogP contribution in [0.3, 0.4) is 0 Å². The average Bonchev–Trinajstić information content (AvgIpc) is 4.03. The van der Waals surface area contributed by atoms with Gasteiger partial charge in [-0.3, -0.25) is 19.5 Å². The van der Waals surface area contributed by atoms with Gasteiger partial charge < -0.3 is 29.6 Å². The number of benzene rings is 4. The van der Waals surface area contributed by atoms with Gasteiger partial charge in [0.2, 0.25) is 11.8 Å². The molecule has 7 aliphatic rings. The van der Waals surface area contributed by atoms with Gasteiger partial charge in [0.05, 0.1) is 43.4 Å². The van der Waals surface area contributed by atoms with E-state index in [2.05, 4.69) is 20.1 Å². The van der Waals surface area contributed by atoms with Crippen molar-refractivity contribution in [2.24, 2.45) is 22.2 Å². The number of amides is 3. The molecule has 12 nitrogen and oxygen atoms in total. The molecule has 356 valence electrons. The highest BCUT2D eigenvalue weighted by molar-refractivity contribution is 6.04. The molecule has 1 spiro atoms. The van der Waals surface area contributed by atoms with Crippen LogP contribution in [0.2, 0.25) is 0 Å². The van der Waals surface area contributed by atoms with E-state index in [0.717, 1.165) is 77.8 Å². The van der Waals surface area contributed by atoms with Crippen LogP contribution in [0.1, 0.15) is 99.0 Å². The Labute approximate surface area is 400 Å². The molecule has 1 aromatic heterocycles.